The van der Waals surface area contributed by atoms with Crippen molar-refractivity contribution in [1.29, 1.82) is 0 Å². The molecule has 0 aliphatic carbocycles. The maximum atomic E-state index is 13.1. The fourth-order valence-electron chi connectivity index (χ4n) is 3.02. The van der Waals surface area contributed by atoms with Gasteiger partial charge in [-0.25, -0.2) is 8.42 Å². The van der Waals surface area contributed by atoms with Gasteiger partial charge in [0.25, 0.3) is 0 Å². The number of hydrogen-bond acceptors (Lipinski definition) is 4. The Balaban J connectivity index is 1.90. The van der Waals surface area contributed by atoms with E-state index in [9.17, 15) is 13.2 Å². The second-order valence-corrected chi connectivity index (χ2v) is 8.82. The highest BCUT2D eigenvalue weighted by molar-refractivity contribution is 7.89. The zero-order chi connectivity index (χ0) is 20.1. The third-order valence-corrected chi connectivity index (χ3v) is 6.81. The van der Waals surface area contributed by atoms with E-state index in [1.54, 1.807) is 11.0 Å². The molecule has 28 heavy (non-hydrogen) atoms. The first-order valence-corrected chi connectivity index (χ1v) is 11.0. The van der Waals surface area contributed by atoms with Gasteiger partial charge in [0, 0.05) is 13.1 Å². The molecule has 1 fully saturated rings. The molecule has 150 valence electrons. The number of benzene rings is 2. The number of rotatable bonds is 6. The van der Waals surface area contributed by atoms with E-state index in [1.165, 1.54) is 12.1 Å². The van der Waals surface area contributed by atoms with Crippen LogP contribution < -0.4 is 4.72 Å². The summed E-state index contributed by atoms with van der Waals surface area (Å²) in [6.07, 6.45) is 0.207. The maximum absolute atomic E-state index is 13.1. The monoisotopic (exact) mass is 442 g/mol. The van der Waals surface area contributed by atoms with Crippen LogP contribution in [0.5, 0.6) is 0 Å². The third kappa shape index (κ3) is 5.04. The number of sulfonamides is 1. The summed E-state index contributed by atoms with van der Waals surface area (Å²) < 4.78 is 33.8. The van der Waals surface area contributed by atoms with Gasteiger partial charge in [0.05, 0.1) is 23.3 Å². The Morgan fingerprint density at radius 3 is 2.25 bits per heavy atom. The van der Waals surface area contributed by atoms with Crippen LogP contribution in [0.4, 0.5) is 0 Å². The molecule has 0 aromatic heterocycles. The van der Waals surface area contributed by atoms with Crippen molar-refractivity contribution in [2.45, 2.75) is 17.4 Å². The van der Waals surface area contributed by atoms with Gasteiger partial charge < -0.3 is 9.64 Å². The van der Waals surface area contributed by atoms with Gasteiger partial charge in [-0.1, -0.05) is 59.6 Å². The number of carbonyl (C=O) groups excluding carboxylic acids is 1. The molecule has 1 amide bonds. The average molecular weight is 443 g/mol. The third-order valence-electron chi connectivity index (χ3n) is 4.39. The highest BCUT2D eigenvalue weighted by atomic mass is 35.5. The molecule has 3 rings (SSSR count). The van der Waals surface area contributed by atoms with Crippen molar-refractivity contribution in [2.75, 3.05) is 26.3 Å². The topological polar surface area (TPSA) is 75.7 Å². The van der Waals surface area contributed by atoms with Crippen LogP contribution in [-0.4, -0.2) is 51.6 Å². The maximum Gasteiger partial charge on any atom is 0.244 e. The van der Waals surface area contributed by atoms with Gasteiger partial charge in [0.1, 0.15) is 10.9 Å². The quantitative estimate of drug-likeness (QED) is 0.745. The molecule has 2 aromatic rings. The molecule has 0 spiro atoms. The van der Waals surface area contributed by atoms with E-state index in [2.05, 4.69) is 4.72 Å². The Hall–Kier alpha value is -1.64. The summed E-state index contributed by atoms with van der Waals surface area (Å²) in [6, 6.07) is 12.7. The van der Waals surface area contributed by atoms with E-state index in [-0.39, 0.29) is 27.3 Å². The number of carbonyl (C=O) groups is 1. The molecule has 6 nitrogen and oxygen atoms in total. The van der Waals surface area contributed by atoms with Gasteiger partial charge >= 0.3 is 0 Å². The first-order chi connectivity index (χ1) is 13.4. The number of nitrogens with zero attached hydrogens (tertiary/aromatic N) is 1. The fraction of sp³-hybridized carbons (Fsp3) is 0.316. The highest BCUT2D eigenvalue weighted by Crippen LogP contribution is 2.29. The van der Waals surface area contributed by atoms with Crippen LogP contribution in [0.1, 0.15) is 5.56 Å². The number of halogens is 2. The van der Waals surface area contributed by atoms with Crippen molar-refractivity contribution < 1.29 is 17.9 Å². The first-order valence-electron chi connectivity index (χ1n) is 8.75. The second kappa shape index (κ2) is 9.24. The molecule has 0 radical (unpaired) electrons. The molecule has 1 aliphatic heterocycles. The van der Waals surface area contributed by atoms with Crippen molar-refractivity contribution >= 4 is 39.1 Å². The number of ether oxygens (including phenoxy) is 1. The van der Waals surface area contributed by atoms with Crippen LogP contribution in [0, 0.1) is 0 Å². The van der Waals surface area contributed by atoms with Crippen LogP contribution in [-0.2, 0) is 26.0 Å². The van der Waals surface area contributed by atoms with E-state index < -0.39 is 16.1 Å². The lowest BCUT2D eigenvalue weighted by atomic mass is 10.1. The van der Waals surface area contributed by atoms with Crippen LogP contribution in [0.25, 0.3) is 0 Å². The zero-order valence-corrected chi connectivity index (χ0v) is 17.3. The SMILES string of the molecule is O=C(C(Cc1ccccc1)NS(=O)(=O)c1c(Cl)cccc1Cl)N1CCOCC1. The Morgan fingerprint density at radius 2 is 1.64 bits per heavy atom. The van der Waals surface area contributed by atoms with E-state index in [1.807, 2.05) is 30.3 Å². The summed E-state index contributed by atoms with van der Waals surface area (Å²) in [5.74, 6) is -0.307. The summed E-state index contributed by atoms with van der Waals surface area (Å²) in [6.45, 7) is 1.68. The fourth-order valence-corrected chi connectivity index (χ4v) is 5.35. The van der Waals surface area contributed by atoms with Crippen molar-refractivity contribution in [3.8, 4) is 0 Å². The number of morpholine rings is 1. The zero-order valence-electron chi connectivity index (χ0n) is 15.0. The van der Waals surface area contributed by atoms with E-state index in [0.717, 1.165) is 5.56 Å². The van der Waals surface area contributed by atoms with Gasteiger partial charge in [0.15, 0.2) is 0 Å². The largest absolute Gasteiger partial charge is 0.378 e. The van der Waals surface area contributed by atoms with Gasteiger partial charge in [-0.15, -0.1) is 0 Å². The number of hydrogen-bond donors (Lipinski definition) is 1. The van der Waals surface area contributed by atoms with Gasteiger partial charge in [-0.2, -0.15) is 4.72 Å². The molecular formula is C19H20Cl2N2O4S. The highest BCUT2D eigenvalue weighted by Gasteiger charge is 2.32. The Kier molecular flexibility index (Phi) is 6.95. The van der Waals surface area contributed by atoms with Crippen LogP contribution >= 0.6 is 23.2 Å². The first kappa shape index (κ1) is 21.1. The number of nitrogens with one attached hydrogen (secondary N) is 1. The summed E-state index contributed by atoms with van der Waals surface area (Å²) in [4.78, 5) is 14.4. The lowest BCUT2D eigenvalue weighted by Crippen LogP contribution is -2.52. The van der Waals surface area contributed by atoms with Crippen LogP contribution in [0.2, 0.25) is 10.0 Å². The van der Waals surface area contributed by atoms with Gasteiger partial charge in [0.2, 0.25) is 15.9 Å². The van der Waals surface area contributed by atoms with Gasteiger partial charge in [-0.05, 0) is 24.1 Å². The van der Waals surface area contributed by atoms with Gasteiger partial charge in [-0.3, -0.25) is 4.79 Å². The normalized spacial score (nSPS) is 16.0. The Morgan fingerprint density at radius 1 is 1.04 bits per heavy atom. The van der Waals surface area contributed by atoms with Crippen molar-refractivity contribution in [2.24, 2.45) is 0 Å². The lowest BCUT2D eigenvalue weighted by Gasteiger charge is -2.30. The minimum atomic E-state index is -4.12. The summed E-state index contributed by atoms with van der Waals surface area (Å²) in [7, 11) is -4.12. The molecule has 1 heterocycles. The van der Waals surface area contributed by atoms with Crippen molar-refractivity contribution in [3.63, 3.8) is 0 Å². The number of amides is 1. The lowest BCUT2D eigenvalue weighted by molar-refractivity contribution is -0.137. The molecule has 1 unspecified atom stereocenters. The molecular weight excluding hydrogens is 423 g/mol. The Labute approximate surface area is 174 Å². The van der Waals surface area contributed by atoms with Crippen molar-refractivity contribution in [1.82, 2.24) is 9.62 Å². The van der Waals surface area contributed by atoms with Crippen molar-refractivity contribution in [3.05, 3.63) is 64.1 Å². The van der Waals surface area contributed by atoms with Crippen LogP contribution in [0.3, 0.4) is 0 Å². The second-order valence-electron chi connectivity index (χ2n) is 6.35. The predicted octanol–water partition coefficient (Wildman–Crippen LogP) is 2.74. The minimum absolute atomic E-state index is 0.00252. The smallest absolute Gasteiger partial charge is 0.244 e. The summed E-state index contributed by atoms with van der Waals surface area (Å²) >= 11 is 12.1. The molecule has 0 bridgehead atoms. The predicted molar refractivity (Wildman–Crippen MR) is 108 cm³/mol. The molecule has 9 heteroatoms. The molecule has 1 atom stereocenters. The molecule has 1 N–H and O–H groups in total. The van der Waals surface area contributed by atoms with Crippen LogP contribution in [0.15, 0.2) is 53.4 Å². The summed E-state index contributed by atoms with van der Waals surface area (Å²) in [5, 5.41) is -0.00503. The molecule has 1 aliphatic rings. The summed E-state index contributed by atoms with van der Waals surface area (Å²) in [5.41, 5.74) is 0.835. The standard InChI is InChI=1S/C19H20Cl2N2O4S/c20-15-7-4-8-16(21)18(15)28(25,26)22-17(13-14-5-2-1-3-6-14)19(24)23-9-11-27-12-10-23/h1-8,17,22H,9-13H2. The molecule has 1 saturated heterocycles. The van der Waals surface area contributed by atoms with E-state index in [0.29, 0.717) is 26.3 Å². The molecule has 2 aromatic carbocycles. The van der Waals surface area contributed by atoms with E-state index in [4.69, 9.17) is 27.9 Å². The average Bonchev–Trinajstić information content (AvgIpc) is 2.68. The minimum Gasteiger partial charge on any atom is -0.378 e. The Bertz CT molecular complexity index is 912. The van der Waals surface area contributed by atoms with E-state index >= 15 is 0 Å². The molecule has 0 saturated carbocycles.